The molecule has 4 nitrogen and oxygen atoms in total. The fourth-order valence-electron chi connectivity index (χ4n) is 5.76. The topological polar surface area (TPSA) is 36.9 Å². The third-order valence-corrected chi connectivity index (χ3v) is 9.49. The Hall–Kier alpha value is -4.10. The Morgan fingerprint density at radius 2 is 0.795 bits per heavy atom. The normalized spacial score (nSPS) is 11.7. The van der Waals surface area contributed by atoms with Crippen molar-refractivity contribution in [1.29, 1.82) is 0 Å². The Morgan fingerprint density at radius 1 is 0.409 bits per heavy atom. The fourth-order valence-corrected chi connectivity index (χ4v) is 7.06. The summed E-state index contributed by atoms with van der Waals surface area (Å²) in [5, 5.41) is 4.40. The summed E-state index contributed by atoms with van der Waals surface area (Å²) >= 11 is 0. The van der Waals surface area contributed by atoms with Crippen LogP contribution in [0.5, 0.6) is 23.0 Å². The zero-order valence-corrected chi connectivity index (χ0v) is 27.9. The molecule has 0 aliphatic carbocycles. The third kappa shape index (κ3) is 5.85. The van der Waals surface area contributed by atoms with Gasteiger partial charge in [0.15, 0.2) is 0 Å². The monoisotopic (exact) mass is 618 g/mol. The number of benzene rings is 6. The van der Waals surface area contributed by atoms with E-state index in [0.717, 1.165) is 77.9 Å². The van der Waals surface area contributed by atoms with Crippen molar-refractivity contribution in [3.63, 3.8) is 0 Å². The van der Waals surface area contributed by atoms with Crippen molar-refractivity contribution in [2.24, 2.45) is 0 Å². The average molecular weight is 619 g/mol. The van der Waals surface area contributed by atoms with E-state index in [1.807, 2.05) is 48.5 Å². The van der Waals surface area contributed by atoms with E-state index >= 15 is 0 Å². The molecule has 0 aliphatic heterocycles. The standard InChI is InChI=1S/C38H36O4P2/c1-23-21-25(3)35(37(27(23)5)41-43-39-33-19-11-15-29-13-7-9-17-31(29)33)36-26(4)22-24(2)28(6)38(36)42-44-40-34-20-12-16-30-14-8-10-18-32(30)34/h7-22,43-44H,1-6H3. The predicted octanol–water partition coefficient (Wildman–Crippen LogP) is 11.4. The summed E-state index contributed by atoms with van der Waals surface area (Å²) in [4.78, 5) is 0. The van der Waals surface area contributed by atoms with Crippen LogP contribution in [-0.2, 0) is 0 Å². The highest BCUT2D eigenvalue weighted by Gasteiger charge is 2.23. The van der Waals surface area contributed by atoms with Crippen LogP contribution in [0.15, 0.2) is 97.1 Å². The molecule has 0 amide bonds. The summed E-state index contributed by atoms with van der Waals surface area (Å²) in [6.45, 7) is 12.7. The molecule has 0 aliphatic rings. The molecule has 6 aromatic rings. The Bertz CT molecular complexity index is 1850. The molecule has 0 saturated carbocycles. The van der Waals surface area contributed by atoms with E-state index in [1.54, 1.807) is 0 Å². The van der Waals surface area contributed by atoms with Gasteiger partial charge in [0, 0.05) is 21.9 Å². The molecular formula is C38H36O4P2. The van der Waals surface area contributed by atoms with Gasteiger partial charge in [0.1, 0.15) is 23.0 Å². The molecule has 0 aromatic heterocycles. The molecule has 2 unspecified atom stereocenters. The molecule has 6 aromatic carbocycles. The van der Waals surface area contributed by atoms with Crippen molar-refractivity contribution in [3.05, 3.63) is 130 Å². The summed E-state index contributed by atoms with van der Waals surface area (Å²) in [6.07, 6.45) is 0. The highest BCUT2D eigenvalue weighted by molar-refractivity contribution is 7.27. The lowest BCUT2D eigenvalue weighted by Crippen LogP contribution is -2.02. The molecular weight excluding hydrogens is 582 g/mol. The van der Waals surface area contributed by atoms with Crippen molar-refractivity contribution in [3.8, 4) is 34.1 Å². The molecule has 0 spiro atoms. The third-order valence-electron chi connectivity index (χ3n) is 8.31. The second kappa shape index (κ2) is 12.9. The van der Waals surface area contributed by atoms with Crippen LogP contribution in [0.25, 0.3) is 32.7 Å². The van der Waals surface area contributed by atoms with Gasteiger partial charge in [-0.3, -0.25) is 0 Å². The van der Waals surface area contributed by atoms with Gasteiger partial charge in [-0.2, -0.15) is 0 Å². The maximum absolute atomic E-state index is 6.56. The second-order valence-corrected chi connectivity index (χ2v) is 12.4. The van der Waals surface area contributed by atoms with Crippen molar-refractivity contribution >= 4 is 39.6 Å². The number of hydrogen-bond donors (Lipinski definition) is 0. The largest absolute Gasteiger partial charge is 0.440 e. The van der Waals surface area contributed by atoms with Crippen molar-refractivity contribution < 1.29 is 18.1 Å². The van der Waals surface area contributed by atoms with E-state index in [0.29, 0.717) is 0 Å². The molecule has 6 heteroatoms. The van der Waals surface area contributed by atoms with Crippen LogP contribution >= 0.6 is 18.1 Å². The first kappa shape index (κ1) is 29.9. The van der Waals surface area contributed by atoms with Crippen molar-refractivity contribution in [2.75, 3.05) is 0 Å². The molecule has 222 valence electrons. The van der Waals surface area contributed by atoms with Gasteiger partial charge in [0.25, 0.3) is 18.1 Å². The van der Waals surface area contributed by atoms with E-state index in [4.69, 9.17) is 18.1 Å². The Balaban J connectivity index is 1.34. The lowest BCUT2D eigenvalue weighted by molar-refractivity contribution is 0.512. The second-order valence-electron chi connectivity index (χ2n) is 11.2. The number of fused-ring (bicyclic) bond motifs is 2. The number of rotatable bonds is 9. The minimum absolute atomic E-state index is 0.222. The zero-order valence-electron chi connectivity index (χ0n) is 25.9. The molecule has 2 atom stereocenters. The van der Waals surface area contributed by atoms with E-state index in [1.165, 1.54) is 11.1 Å². The van der Waals surface area contributed by atoms with E-state index < -0.39 is 0 Å². The van der Waals surface area contributed by atoms with Gasteiger partial charge in [0.05, 0.1) is 0 Å². The van der Waals surface area contributed by atoms with Crippen LogP contribution in [-0.4, -0.2) is 0 Å². The summed E-state index contributed by atoms with van der Waals surface area (Å²) in [5.41, 5.74) is 8.78. The molecule has 0 radical (unpaired) electrons. The lowest BCUT2D eigenvalue weighted by atomic mass is 9.88. The van der Waals surface area contributed by atoms with Crippen molar-refractivity contribution in [2.45, 2.75) is 41.5 Å². The fraction of sp³-hybridized carbons (Fsp3) is 0.158. The van der Waals surface area contributed by atoms with Crippen LogP contribution in [0.3, 0.4) is 0 Å². The van der Waals surface area contributed by atoms with E-state index in [-0.39, 0.29) is 18.1 Å². The summed E-state index contributed by atoms with van der Waals surface area (Å²) in [7, 11) is -0.444. The SMILES string of the molecule is Cc1cc(C)c(-c2c(C)cc(C)c(C)c2OPOc2cccc3ccccc23)c(OPOc2cccc3ccccc23)c1C. The molecule has 0 N–H and O–H groups in total. The minimum Gasteiger partial charge on any atom is -0.440 e. The van der Waals surface area contributed by atoms with Gasteiger partial charge in [-0.1, -0.05) is 84.9 Å². The molecule has 0 fully saturated rings. The average Bonchev–Trinajstić information content (AvgIpc) is 3.03. The first-order valence-corrected chi connectivity index (χ1v) is 16.3. The highest BCUT2D eigenvalue weighted by atomic mass is 31.1. The number of aryl methyl sites for hydroxylation is 4. The maximum Gasteiger partial charge on any atom is 0.275 e. The predicted molar refractivity (Wildman–Crippen MR) is 187 cm³/mol. The summed E-state index contributed by atoms with van der Waals surface area (Å²) in [6, 6.07) is 33.1. The molecule has 6 rings (SSSR count). The van der Waals surface area contributed by atoms with Crippen LogP contribution in [0.1, 0.15) is 33.4 Å². The van der Waals surface area contributed by atoms with Gasteiger partial charge in [-0.25, -0.2) is 0 Å². The first-order chi connectivity index (χ1) is 21.3. The summed E-state index contributed by atoms with van der Waals surface area (Å²) in [5.74, 6) is 3.25. The van der Waals surface area contributed by atoms with Gasteiger partial charge in [-0.05, 0) is 97.8 Å². The first-order valence-electron chi connectivity index (χ1n) is 14.7. The minimum atomic E-state index is -0.222. The van der Waals surface area contributed by atoms with Crippen molar-refractivity contribution in [1.82, 2.24) is 0 Å². The van der Waals surface area contributed by atoms with Crippen LogP contribution < -0.4 is 18.1 Å². The molecule has 0 bridgehead atoms. The van der Waals surface area contributed by atoms with Crippen LogP contribution in [0.4, 0.5) is 0 Å². The molecule has 0 saturated heterocycles. The summed E-state index contributed by atoms with van der Waals surface area (Å²) < 4.78 is 25.6. The lowest BCUT2D eigenvalue weighted by Gasteiger charge is -2.23. The maximum atomic E-state index is 6.56. The zero-order chi connectivity index (χ0) is 30.8. The number of hydrogen-bond acceptors (Lipinski definition) is 4. The Kier molecular flexibility index (Phi) is 8.76. The van der Waals surface area contributed by atoms with E-state index in [2.05, 4.69) is 90.1 Å². The Morgan fingerprint density at radius 3 is 1.23 bits per heavy atom. The quantitative estimate of drug-likeness (QED) is 0.151. The van der Waals surface area contributed by atoms with Crippen LogP contribution in [0, 0.1) is 41.5 Å². The van der Waals surface area contributed by atoms with E-state index in [9.17, 15) is 0 Å². The van der Waals surface area contributed by atoms with Gasteiger partial charge >= 0.3 is 0 Å². The Labute approximate surface area is 263 Å². The molecule has 44 heavy (non-hydrogen) atoms. The van der Waals surface area contributed by atoms with Gasteiger partial charge in [-0.15, -0.1) is 0 Å². The van der Waals surface area contributed by atoms with Gasteiger partial charge < -0.3 is 18.1 Å². The highest BCUT2D eigenvalue weighted by Crippen LogP contribution is 2.49. The van der Waals surface area contributed by atoms with Gasteiger partial charge in [0.2, 0.25) is 0 Å². The smallest absolute Gasteiger partial charge is 0.275 e. The van der Waals surface area contributed by atoms with Crippen LogP contribution in [0.2, 0.25) is 0 Å². The molecule has 0 heterocycles.